The average molecular weight is 448 g/mol. The molecule has 1 amide bonds. The molecule has 2 aliphatic heterocycles. The molecule has 3 aromatic rings. The molecule has 0 aromatic carbocycles. The third-order valence-electron chi connectivity index (χ3n) is 7.06. The maximum atomic E-state index is 13.4. The van der Waals surface area contributed by atoms with Gasteiger partial charge in [0.2, 0.25) is 0 Å². The number of hydrogen-bond donors (Lipinski definition) is 0. The average Bonchev–Trinajstić information content (AvgIpc) is 3.60. The number of hydrogen-bond acceptors (Lipinski definition) is 5. The van der Waals surface area contributed by atoms with Gasteiger partial charge in [-0.05, 0) is 63.9 Å². The van der Waals surface area contributed by atoms with Crippen LogP contribution < -0.4 is 0 Å². The highest BCUT2D eigenvalue weighted by Gasteiger charge is 2.32. The van der Waals surface area contributed by atoms with Crippen LogP contribution in [0.25, 0.3) is 5.82 Å². The highest BCUT2D eigenvalue weighted by Crippen LogP contribution is 2.32. The minimum absolute atomic E-state index is 0.0109. The molecule has 2 aliphatic rings. The Labute approximate surface area is 195 Å². The third kappa shape index (κ3) is 4.57. The topological polar surface area (TPSA) is 72.1 Å². The third-order valence-corrected chi connectivity index (χ3v) is 7.06. The number of piperidine rings is 1. The Balaban J connectivity index is 1.31. The molecule has 0 N–H and O–H groups in total. The molecule has 1 atom stereocenters. The van der Waals surface area contributed by atoms with Gasteiger partial charge in [0.05, 0.1) is 23.5 Å². The van der Waals surface area contributed by atoms with E-state index in [-0.39, 0.29) is 11.9 Å². The molecule has 0 aliphatic carbocycles. The van der Waals surface area contributed by atoms with E-state index in [2.05, 4.69) is 29.0 Å². The van der Waals surface area contributed by atoms with Crippen LogP contribution in [-0.2, 0) is 13.0 Å². The fourth-order valence-corrected chi connectivity index (χ4v) is 5.13. The molecule has 0 radical (unpaired) electrons. The van der Waals surface area contributed by atoms with Gasteiger partial charge in [-0.15, -0.1) is 0 Å². The van der Waals surface area contributed by atoms with E-state index in [1.807, 2.05) is 50.9 Å². The highest BCUT2D eigenvalue weighted by atomic mass is 16.2. The lowest BCUT2D eigenvalue weighted by molar-refractivity contribution is 0.0732. The molecule has 33 heavy (non-hydrogen) atoms. The van der Waals surface area contributed by atoms with Crippen molar-refractivity contribution in [2.45, 2.75) is 51.6 Å². The molecular formula is C25H33N7O. The molecule has 0 bridgehead atoms. The van der Waals surface area contributed by atoms with Gasteiger partial charge in [-0.1, -0.05) is 13.0 Å². The van der Waals surface area contributed by atoms with Gasteiger partial charge >= 0.3 is 0 Å². The zero-order chi connectivity index (χ0) is 22.8. The number of amides is 1. The summed E-state index contributed by atoms with van der Waals surface area (Å²) in [5.74, 6) is 2.52. The van der Waals surface area contributed by atoms with Crippen molar-refractivity contribution in [1.29, 1.82) is 0 Å². The lowest BCUT2D eigenvalue weighted by Gasteiger charge is -2.28. The summed E-state index contributed by atoms with van der Waals surface area (Å²) in [4.78, 5) is 27.1. The second kappa shape index (κ2) is 9.47. The Bertz CT molecular complexity index is 1100. The van der Waals surface area contributed by atoms with Crippen molar-refractivity contribution in [1.82, 2.24) is 34.1 Å². The summed E-state index contributed by atoms with van der Waals surface area (Å²) in [7, 11) is 2.18. The van der Waals surface area contributed by atoms with Crippen molar-refractivity contribution in [3.63, 3.8) is 0 Å². The Morgan fingerprint density at radius 1 is 1.15 bits per heavy atom. The lowest BCUT2D eigenvalue weighted by Crippen LogP contribution is -2.32. The Morgan fingerprint density at radius 2 is 2.00 bits per heavy atom. The van der Waals surface area contributed by atoms with Crippen LogP contribution >= 0.6 is 0 Å². The second-order valence-electron chi connectivity index (χ2n) is 9.34. The molecule has 174 valence electrons. The summed E-state index contributed by atoms with van der Waals surface area (Å²) < 4.78 is 3.98. The van der Waals surface area contributed by atoms with E-state index in [0.29, 0.717) is 11.5 Å². The Kier molecular flexibility index (Phi) is 6.26. The van der Waals surface area contributed by atoms with Crippen molar-refractivity contribution in [3.8, 4) is 5.82 Å². The van der Waals surface area contributed by atoms with Gasteiger partial charge in [-0.25, -0.2) is 9.97 Å². The van der Waals surface area contributed by atoms with Gasteiger partial charge in [0.15, 0.2) is 0 Å². The number of aromatic nitrogens is 5. The number of rotatable bonds is 6. The summed E-state index contributed by atoms with van der Waals surface area (Å²) in [6, 6.07) is 6.05. The van der Waals surface area contributed by atoms with Crippen LogP contribution in [0.15, 0.2) is 43.0 Å². The SMILES string of the molecule is CCc1nccn1-c1cccc(C2CCCN2C(=O)c2cnn(CC3CCN(C)CC3)c2)n1. The molecule has 8 nitrogen and oxygen atoms in total. The van der Waals surface area contributed by atoms with Crippen molar-refractivity contribution in [2.24, 2.45) is 5.92 Å². The van der Waals surface area contributed by atoms with E-state index in [9.17, 15) is 4.79 Å². The van der Waals surface area contributed by atoms with E-state index in [1.54, 1.807) is 6.20 Å². The zero-order valence-electron chi connectivity index (χ0n) is 19.6. The molecule has 5 heterocycles. The minimum Gasteiger partial charge on any atom is -0.330 e. The van der Waals surface area contributed by atoms with E-state index >= 15 is 0 Å². The molecular weight excluding hydrogens is 414 g/mol. The second-order valence-corrected chi connectivity index (χ2v) is 9.34. The summed E-state index contributed by atoms with van der Waals surface area (Å²) in [5.41, 5.74) is 1.61. The minimum atomic E-state index is -0.0109. The number of aryl methyl sites for hydroxylation is 1. The first-order valence-corrected chi connectivity index (χ1v) is 12.1. The van der Waals surface area contributed by atoms with E-state index < -0.39 is 0 Å². The monoisotopic (exact) mass is 447 g/mol. The maximum Gasteiger partial charge on any atom is 0.257 e. The van der Waals surface area contributed by atoms with Crippen LogP contribution in [0.1, 0.15) is 60.5 Å². The quantitative estimate of drug-likeness (QED) is 0.580. The van der Waals surface area contributed by atoms with Crippen molar-refractivity contribution in [3.05, 3.63) is 60.1 Å². The first kappa shape index (κ1) is 21.8. The van der Waals surface area contributed by atoms with Gasteiger partial charge in [0.25, 0.3) is 5.91 Å². The van der Waals surface area contributed by atoms with Crippen molar-refractivity contribution < 1.29 is 4.79 Å². The normalized spacial score (nSPS) is 19.9. The van der Waals surface area contributed by atoms with Gasteiger partial charge in [-0.2, -0.15) is 5.10 Å². The summed E-state index contributed by atoms with van der Waals surface area (Å²) in [6.07, 6.45) is 12.5. The van der Waals surface area contributed by atoms with Gasteiger partial charge in [-0.3, -0.25) is 14.0 Å². The molecule has 2 saturated heterocycles. The smallest absolute Gasteiger partial charge is 0.257 e. The Hall–Kier alpha value is -3.00. The predicted molar refractivity (Wildman–Crippen MR) is 126 cm³/mol. The first-order chi connectivity index (χ1) is 16.1. The number of carbonyl (C=O) groups excluding carboxylic acids is 1. The summed E-state index contributed by atoms with van der Waals surface area (Å²) in [5, 5.41) is 4.52. The number of nitrogens with zero attached hydrogens (tertiary/aromatic N) is 7. The number of pyridine rings is 1. The molecule has 1 unspecified atom stereocenters. The standard InChI is InChI=1S/C25H33N7O/c1-3-23-26-11-15-32(23)24-8-4-6-21(28-24)22-7-5-12-31(22)25(33)20-16-27-30(18-20)17-19-9-13-29(2)14-10-19/h4,6,8,11,15-16,18-19,22H,3,5,7,9-10,12-14,17H2,1-2H3. The van der Waals surface area contributed by atoms with E-state index in [1.165, 1.54) is 12.8 Å². The number of likely N-dealkylation sites (tertiary alicyclic amines) is 2. The zero-order valence-corrected chi connectivity index (χ0v) is 19.6. The van der Waals surface area contributed by atoms with Crippen LogP contribution in [0.2, 0.25) is 0 Å². The van der Waals surface area contributed by atoms with E-state index in [0.717, 1.165) is 62.8 Å². The van der Waals surface area contributed by atoms with Gasteiger partial charge in [0, 0.05) is 38.1 Å². The van der Waals surface area contributed by atoms with Crippen LogP contribution in [0, 0.1) is 5.92 Å². The number of carbonyl (C=O) groups is 1. The Morgan fingerprint density at radius 3 is 2.82 bits per heavy atom. The largest absolute Gasteiger partial charge is 0.330 e. The van der Waals surface area contributed by atoms with Gasteiger partial charge in [0.1, 0.15) is 11.6 Å². The molecule has 2 fully saturated rings. The number of imidazole rings is 1. The first-order valence-electron chi connectivity index (χ1n) is 12.1. The predicted octanol–water partition coefficient (Wildman–Crippen LogP) is 3.35. The van der Waals surface area contributed by atoms with E-state index in [4.69, 9.17) is 4.98 Å². The maximum absolute atomic E-state index is 13.4. The van der Waals surface area contributed by atoms with Crippen LogP contribution in [0.3, 0.4) is 0 Å². The molecule has 0 spiro atoms. The lowest BCUT2D eigenvalue weighted by atomic mass is 9.97. The van der Waals surface area contributed by atoms with Crippen molar-refractivity contribution in [2.75, 3.05) is 26.7 Å². The summed E-state index contributed by atoms with van der Waals surface area (Å²) in [6.45, 7) is 6.00. The van der Waals surface area contributed by atoms with Crippen LogP contribution in [0.5, 0.6) is 0 Å². The fourth-order valence-electron chi connectivity index (χ4n) is 5.13. The van der Waals surface area contributed by atoms with Gasteiger partial charge < -0.3 is 9.80 Å². The van der Waals surface area contributed by atoms with Crippen LogP contribution in [0.4, 0.5) is 0 Å². The molecule has 8 heteroatoms. The molecule has 0 saturated carbocycles. The van der Waals surface area contributed by atoms with Crippen molar-refractivity contribution >= 4 is 5.91 Å². The van der Waals surface area contributed by atoms with Crippen LogP contribution in [-0.4, -0.2) is 66.7 Å². The fraction of sp³-hybridized carbons (Fsp3) is 0.520. The molecule has 5 rings (SSSR count). The highest BCUT2D eigenvalue weighted by molar-refractivity contribution is 5.94. The molecule has 3 aromatic heterocycles. The summed E-state index contributed by atoms with van der Waals surface area (Å²) >= 11 is 0.